The number of hydrogen-bond donors (Lipinski definition) is 1. The zero-order valence-electron chi connectivity index (χ0n) is 15.6. The highest BCUT2D eigenvalue weighted by atomic mass is 32.2. The molecule has 26 heavy (non-hydrogen) atoms. The van der Waals surface area contributed by atoms with Gasteiger partial charge in [0.15, 0.2) is 0 Å². The first-order valence-electron chi connectivity index (χ1n) is 9.40. The van der Waals surface area contributed by atoms with E-state index in [9.17, 15) is 8.42 Å². The van der Waals surface area contributed by atoms with Gasteiger partial charge in [0.2, 0.25) is 10.0 Å². The maximum atomic E-state index is 12.2. The summed E-state index contributed by atoms with van der Waals surface area (Å²) in [7, 11) is -1.53. The molecular formula is C20H28N2O3S. The normalized spacial score (nSPS) is 18.9. The summed E-state index contributed by atoms with van der Waals surface area (Å²) >= 11 is 0. The van der Waals surface area contributed by atoms with Crippen molar-refractivity contribution in [3.63, 3.8) is 0 Å². The van der Waals surface area contributed by atoms with Gasteiger partial charge < -0.3 is 10.1 Å². The number of benzene rings is 1. The van der Waals surface area contributed by atoms with Gasteiger partial charge in [0.1, 0.15) is 11.6 Å². The first kappa shape index (κ1) is 18.8. The van der Waals surface area contributed by atoms with Crippen LogP contribution in [0.15, 0.2) is 42.2 Å². The molecule has 0 atom stereocenters. The predicted molar refractivity (Wildman–Crippen MR) is 105 cm³/mol. The summed E-state index contributed by atoms with van der Waals surface area (Å²) in [5.41, 5.74) is 2.07. The van der Waals surface area contributed by atoms with E-state index in [0.29, 0.717) is 18.5 Å². The summed E-state index contributed by atoms with van der Waals surface area (Å²) in [5, 5.41) is 3.00. The molecule has 0 aromatic heterocycles. The largest absolute Gasteiger partial charge is 0.490 e. The Morgan fingerprint density at radius 1 is 1.15 bits per heavy atom. The van der Waals surface area contributed by atoms with Gasteiger partial charge in [0, 0.05) is 7.05 Å². The third-order valence-electron chi connectivity index (χ3n) is 5.04. The fourth-order valence-corrected chi connectivity index (χ4v) is 4.53. The van der Waals surface area contributed by atoms with Gasteiger partial charge >= 0.3 is 0 Å². The van der Waals surface area contributed by atoms with Crippen molar-refractivity contribution in [1.29, 1.82) is 0 Å². The summed E-state index contributed by atoms with van der Waals surface area (Å²) in [4.78, 5) is 0. The molecule has 0 unspecified atom stereocenters. The summed E-state index contributed by atoms with van der Waals surface area (Å²) in [6.07, 6.45) is 10.3. The van der Waals surface area contributed by atoms with Crippen LogP contribution in [0.4, 0.5) is 0 Å². The van der Waals surface area contributed by atoms with E-state index in [1.165, 1.54) is 23.6 Å². The smallest absolute Gasteiger partial charge is 0.236 e. The molecule has 5 nitrogen and oxygen atoms in total. The second kappa shape index (κ2) is 8.16. The fourth-order valence-electron chi connectivity index (χ4n) is 3.48. The van der Waals surface area contributed by atoms with Gasteiger partial charge in [0.05, 0.1) is 18.4 Å². The van der Waals surface area contributed by atoms with Crippen LogP contribution in [0, 0.1) is 0 Å². The van der Waals surface area contributed by atoms with Crippen LogP contribution in [0.1, 0.15) is 44.6 Å². The van der Waals surface area contributed by atoms with Crippen molar-refractivity contribution in [2.24, 2.45) is 0 Å². The zero-order valence-corrected chi connectivity index (χ0v) is 16.4. The molecule has 1 N–H and O–H groups in total. The van der Waals surface area contributed by atoms with Crippen LogP contribution in [-0.2, 0) is 10.0 Å². The minimum atomic E-state index is -3.27. The molecule has 1 heterocycles. The molecule has 0 saturated heterocycles. The Hall–Kier alpha value is -1.95. The van der Waals surface area contributed by atoms with E-state index in [-0.39, 0.29) is 5.75 Å². The molecule has 2 aliphatic rings. The number of sulfonamides is 1. The molecule has 0 radical (unpaired) electrons. The summed E-state index contributed by atoms with van der Waals surface area (Å²) in [6, 6.07) is 8.09. The van der Waals surface area contributed by atoms with Crippen molar-refractivity contribution in [2.45, 2.75) is 45.1 Å². The molecule has 1 aromatic rings. The van der Waals surface area contributed by atoms with Gasteiger partial charge in [-0.15, -0.1) is 0 Å². The third-order valence-corrected chi connectivity index (χ3v) is 6.78. The Labute approximate surface area is 156 Å². The SMILES string of the molecule is CCS(=O)(=O)N1CC=C(c2ccc(OC3CCCCC3)cc2)C=C1NC. The van der Waals surface area contributed by atoms with E-state index in [1.807, 2.05) is 36.4 Å². The van der Waals surface area contributed by atoms with E-state index in [4.69, 9.17) is 4.74 Å². The van der Waals surface area contributed by atoms with Crippen molar-refractivity contribution in [3.05, 3.63) is 47.8 Å². The standard InChI is InChI=1S/C20H28N2O3S/c1-3-26(23,24)22-14-13-17(15-20(22)21-2)16-9-11-19(12-10-16)25-18-7-5-4-6-8-18/h9-13,15,18,21H,3-8,14H2,1-2H3. The van der Waals surface area contributed by atoms with Crippen LogP contribution in [0.25, 0.3) is 5.57 Å². The quantitative estimate of drug-likeness (QED) is 0.825. The number of ether oxygens (including phenoxy) is 1. The van der Waals surface area contributed by atoms with Crippen LogP contribution in [0.5, 0.6) is 5.75 Å². The topological polar surface area (TPSA) is 58.6 Å². The molecule has 1 saturated carbocycles. The van der Waals surface area contributed by atoms with Gasteiger partial charge in [-0.05, 0) is 62.0 Å². The van der Waals surface area contributed by atoms with Crippen LogP contribution in [-0.4, -0.2) is 38.2 Å². The molecule has 0 amide bonds. The van der Waals surface area contributed by atoms with Gasteiger partial charge in [0.25, 0.3) is 0 Å². The molecule has 6 heteroatoms. The summed E-state index contributed by atoms with van der Waals surface area (Å²) in [5.74, 6) is 1.60. The lowest BCUT2D eigenvalue weighted by molar-refractivity contribution is 0.155. The summed E-state index contributed by atoms with van der Waals surface area (Å²) in [6.45, 7) is 2.01. The lowest BCUT2D eigenvalue weighted by atomic mass is 9.98. The highest BCUT2D eigenvalue weighted by Crippen LogP contribution is 2.28. The molecule has 0 bridgehead atoms. The van der Waals surface area contributed by atoms with Gasteiger partial charge in [-0.3, -0.25) is 4.31 Å². The van der Waals surface area contributed by atoms with Crippen molar-refractivity contribution in [1.82, 2.24) is 9.62 Å². The number of nitrogens with zero attached hydrogens (tertiary/aromatic N) is 1. The Bertz CT molecular complexity index is 776. The molecule has 1 aliphatic carbocycles. The molecule has 1 fully saturated rings. The number of allylic oxidation sites excluding steroid dienone is 2. The average Bonchev–Trinajstić information content (AvgIpc) is 2.69. The Morgan fingerprint density at radius 3 is 2.46 bits per heavy atom. The van der Waals surface area contributed by atoms with E-state index >= 15 is 0 Å². The molecule has 0 spiro atoms. The zero-order chi connectivity index (χ0) is 18.6. The molecule has 1 aliphatic heterocycles. The second-order valence-electron chi connectivity index (χ2n) is 6.77. The molecule has 1 aromatic carbocycles. The van der Waals surface area contributed by atoms with Crippen LogP contribution in [0.3, 0.4) is 0 Å². The lowest BCUT2D eigenvalue weighted by Crippen LogP contribution is -2.38. The fraction of sp³-hybridized carbons (Fsp3) is 0.500. The second-order valence-corrected chi connectivity index (χ2v) is 8.95. The third kappa shape index (κ3) is 4.23. The highest BCUT2D eigenvalue weighted by Gasteiger charge is 2.24. The maximum Gasteiger partial charge on any atom is 0.236 e. The Morgan fingerprint density at radius 2 is 1.85 bits per heavy atom. The van der Waals surface area contributed by atoms with Crippen molar-refractivity contribution in [2.75, 3.05) is 19.3 Å². The number of rotatable bonds is 6. The minimum Gasteiger partial charge on any atom is -0.490 e. The van der Waals surface area contributed by atoms with Gasteiger partial charge in [-0.25, -0.2) is 8.42 Å². The van der Waals surface area contributed by atoms with E-state index in [2.05, 4.69) is 5.32 Å². The van der Waals surface area contributed by atoms with E-state index in [1.54, 1.807) is 14.0 Å². The highest BCUT2D eigenvalue weighted by molar-refractivity contribution is 7.89. The van der Waals surface area contributed by atoms with E-state index < -0.39 is 10.0 Å². The van der Waals surface area contributed by atoms with Crippen molar-refractivity contribution < 1.29 is 13.2 Å². The van der Waals surface area contributed by atoms with Crippen LogP contribution < -0.4 is 10.1 Å². The first-order chi connectivity index (χ1) is 12.5. The van der Waals surface area contributed by atoms with Crippen LogP contribution >= 0.6 is 0 Å². The van der Waals surface area contributed by atoms with Gasteiger partial charge in [-0.1, -0.05) is 24.6 Å². The predicted octanol–water partition coefficient (Wildman–Crippen LogP) is 3.51. The van der Waals surface area contributed by atoms with Crippen molar-refractivity contribution >= 4 is 15.6 Å². The van der Waals surface area contributed by atoms with Crippen LogP contribution in [0.2, 0.25) is 0 Å². The number of hydrogen-bond acceptors (Lipinski definition) is 4. The van der Waals surface area contributed by atoms with E-state index in [0.717, 1.165) is 29.7 Å². The Kier molecular flexibility index (Phi) is 5.91. The minimum absolute atomic E-state index is 0.0857. The summed E-state index contributed by atoms with van der Waals surface area (Å²) < 4.78 is 31.9. The average molecular weight is 377 g/mol. The van der Waals surface area contributed by atoms with Gasteiger partial charge in [-0.2, -0.15) is 0 Å². The maximum absolute atomic E-state index is 12.2. The lowest BCUT2D eigenvalue weighted by Gasteiger charge is -2.28. The molecule has 142 valence electrons. The first-order valence-corrected chi connectivity index (χ1v) is 11.0. The molecular weight excluding hydrogens is 348 g/mol. The number of nitrogens with one attached hydrogen (secondary N) is 1. The molecule has 3 rings (SSSR count). The monoisotopic (exact) mass is 376 g/mol. The van der Waals surface area contributed by atoms with Crippen molar-refractivity contribution in [3.8, 4) is 5.75 Å². The Balaban J connectivity index is 1.72.